The molecule has 1 rings (SSSR count). The van der Waals surface area contributed by atoms with Gasteiger partial charge < -0.3 is 9.52 Å². The number of aryl methyl sites for hydroxylation is 2. The Labute approximate surface area is 112 Å². The van der Waals surface area contributed by atoms with Crippen molar-refractivity contribution in [2.45, 2.75) is 51.0 Å². The number of carboxylic acids is 1. The maximum atomic E-state index is 12.2. The molecule has 2 N–H and O–H groups in total. The van der Waals surface area contributed by atoms with Crippen LogP contribution in [0.15, 0.2) is 15.4 Å². The van der Waals surface area contributed by atoms with Crippen LogP contribution in [-0.2, 0) is 14.8 Å². The van der Waals surface area contributed by atoms with Gasteiger partial charge in [0.2, 0.25) is 10.0 Å². The van der Waals surface area contributed by atoms with Gasteiger partial charge >= 0.3 is 5.97 Å². The molecule has 0 saturated carbocycles. The minimum Gasteiger partial charge on any atom is -0.481 e. The first-order chi connectivity index (χ1) is 8.53. The first-order valence-electron chi connectivity index (χ1n) is 5.86. The average molecular weight is 289 g/mol. The monoisotopic (exact) mass is 289 g/mol. The lowest BCUT2D eigenvalue weighted by Gasteiger charge is -2.25. The second-order valence-corrected chi connectivity index (χ2v) is 6.81. The standard InChI is InChI=1S/C12H19NO5S/c1-8-7-10(9(2)18-8)19(16,17)13-12(3,4)6-5-11(14)15/h7,13H,5-6H2,1-4H3,(H,14,15). The molecule has 0 spiro atoms. The van der Waals surface area contributed by atoms with Gasteiger partial charge in [-0.15, -0.1) is 0 Å². The van der Waals surface area contributed by atoms with Crippen molar-refractivity contribution >= 4 is 16.0 Å². The molecule has 0 unspecified atom stereocenters. The summed E-state index contributed by atoms with van der Waals surface area (Å²) in [6.45, 7) is 6.54. The SMILES string of the molecule is Cc1cc(S(=O)(=O)NC(C)(C)CCC(=O)O)c(C)o1. The maximum Gasteiger partial charge on any atom is 0.303 e. The Bertz CT molecular complexity index is 571. The van der Waals surface area contributed by atoms with Gasteiger partial charge in [0, 0.05) is 12.0 Å². The molecule has 0 bridgehead atoms. The summed E-state index contributed by atoms with van der Waals surface area (Å²) in [7, 11) is -3.71. The minimum atomic E-state index is -3.71. The van der Waals surface area contributed by atoms with Crippen molar-refractivity contribution < 1.29 is 22.7 Å². The predicted molar refractivity (Wildman–Crippen MR) is 69.5 cm³/mol. The highest BCUT2D eigenvalue weighted by Crippen LogP contribution is 2.22. The molecule has 0 saturated heterocycles. The number of carbonyl (C=O) groups is 1. The third-order valence-corrected chi connectivity index (χ3v) is 4.47. The van der Waals surface area contributed by atoms with Gasteiger partial charge in [0.1, 0.15) is 16.4 Å². The first-order valence-corrected chi connectivity index (χ1v) is 7.35. The highest BCUT2D eigenvalue weighted by Gasteiger charge is 2.29. The molecule has 7 heteroatoms. The van der Waals surface area contributed by atoms with Crippen molar-refractivity contribution in [1.82, 2.24) is 4.72 Å². The predicted octanol–water partition coefficient (Wildman–Crippen LogP) is 1.82. The van der Waals surface area contributed by atoms with Crippen LogP contribution in [0.1, 0.15) is 38.2 Å². The maximum absolute atomic E-state index is 12.2. The van der Waals surface area contributed by atoms with Crippen molar-refractivity contribution in [3.05, 3.63) is 17.6 Å². The Morgan fingerprint density at radius 3 is 2.42 bits per heavy atom. The van der Waals surface area contributed by atoms with E-state index in [2.05, 4.69) is 4.72 Å². The Morgan fingerprint density at radius 2 is 2.00 bits per heavy atom. The Morgan fingerprint density at radius 1 is 1.42 bits per heavy atom. The van der Waals surface area contributed by atoms with Crippen LogP contribution >= 0.6 is 0 Å². The number of sulfonamides is 1. The summed E-state index contributed by atoms with van der Waals surface area (Å²) in [4.78, 5) is 10.6. The lowest BCUT2D eigenvalue weighted by molar-refractivity contribution is -0.137. The van der Waals surface area contributed by atoms with Crippen molar-refractivity contribution in [3.63, 3.8) is 0 Å². The van der Waals surface area contributed by atoms with Gasteiger partial charge in [-0.25, -0.2) is 13.1 Å². The van der Waals surface area contributed by atoms with Gasteiger partial charge in [-0.2, -0.15) is 0 Å². The highest BCUT2D eigenvalue weighted by molar-refractivity contribution is 7.89. The summed E-state index contributed by atoms with van der Waals surface area (Å²) >= 11 is 0. The zero-order valence-corrected chi connectivity index (χ0v) is 12.3. The van der Waals surface area contributed by atoms with Crippen LogP contribution in [0.4, 0.5) is 0 Å². The largest absolute Gasteiger partial charge is 0.481 e. The molecule has 0 aliphatic carbocycles. The number of rotatable bonds is 6. The fourth-order valence-electron chi connectivity index (χ4n) is 1.76. The molecule has 0 radical (unpaired) electrons. The van der Waals surface area contributed by atoms with E-state index in [-0.39, 0.29) is 17.7 Å². The number of hydrogen-bond donors (Lipinski definition) is 2. The van der Waals surface area contributed by atoms with Crippen molar-refractivity contribution in [1.29, 1.82) is 0 Å². The van der Waals surface area contributed by atoms with Gasteiger partial charge in [0.25, 0.3) is 0 Å². The second kappa shape index (κ2) is 5.34. The smallest absolute Gasteiger partial charge is 0.303 e. The number of aliphatic carboxylic acids is 1. The van der Waals surface area contributed by atoms with Crippen LogP contribution in [0.5, 0.6) is 0 Å². The normalized spacial score (nSPS) is 12.6. The van der Waals surface area contributed by atoms with E-state index in [1.807, 2.05) is 0 Å². The molecular weight excluding hydrogens is 270 g/mol. The number of hydrogen-bond acceptors (Lipinski definition) is 4. The molecule has 0 fully saturated rings. The molecule has 0 aromatic carbocycles. The lowest BCUT2D eigenvalue weighted by Crippen LogP contribution is -2.43. The molecule has 0 aliphatic heterocycles. The van der Waals surface area contributed by atoms with E-state index in [0.29, 0.717) is 11.5 Å². The zero-order chi connectivity index (χ0) is 14.8. The van der Waals surface area contributed by atoms with E-state index in [4.69, 9.17) is 9.52 Å². The molecule has 1 aromatic rings. The van der Waals surface area contributed by atoms with Gasteiger partial charge in [-0.05, 0) is 40.2 Å². The summed E-state index contributed by atoms with van der Waals surface area (Å²) in [6.07, 6.45) is 0.108. The minimum absolute atomic E-state index is 0.0911. The molecule has 0 atom stereocenters. The van der Waals surface area contributed by atoms with E-state index >= 15 is 0 Å². The Kier molecular flexibility index (Phi) is 4.42. The van der Waals surface area contributed by atoms with Crippen LogP contribution in [0.2, 0.25) is 0 Å². The zero-order valence-electron chi connectivity index (χ0n) is 11.5. The summed E-state index contributed by atoms with van der Waals surface area (Å²) in [5, 5.41) is 8.65. The van der Waals surface area contributed by atoms with Crippen LogP contribution in [0.3, 0.4) is 0 Å². The van der Waals surface area contributed by atoms with Crippen molar-refractivity contribution in [2.75, 3.05) is 0 Å². The molecule has 6 nitrogen and oxygen atoms in total. The molecule has 19 heavy (non-hydrogen) atoms. The summed E-state index contributed by atoms with van der Waals surface area (Å²) in [5.41, 5.74) is -0.838. The number of nitrogens with one attached hydrogen (secondary N) is 1. The van der Waals surface area contributed by atoms with Crippen LogP contribution in [-0.4, -0.2) is 25.0 Å². The molecule has 1 heterocycles. The average Bonchev–Trinajstić information content (AvgIpc) is 2.54. The third kappa shape index (κ3) is 4.36. The number of furan rings is 1. The van der Waals surface area contributed by atoms with Gasteiger partial charge in [-0.1, -0.05) is 0 Å². The van der Waals surface area contributed by atoms with Crippen molar-refractivity contribution in [3.8, 4) is 0 Å². The third-order valence-electron chi connectivity index (χ3n) is 2.66. The van der Waals surface area contributed by atoms with E-state index in [9.17, 15) is 13.2 Å². The van der Waals surface area contributed by atoms with E-state index in [0.717, 1.165) is 0 Å². The lowest BCUT2D eigenvalue weighted by atomic mass is 10.0. The van der Waals surface area contributed by atoms with E-state index in [1.54, 1.807) is 27.7 Å². The summed E-state index contributed by atoms with van der Waals surface area (Å²) < 4.78 is 32.1. The molecular formula is C12H19NO5S. The second-order valence-electron chi connectivity index (χ2n) is 5.16. The Balaban J connectivity index is 2.90. The van der Waals surface area contributed by atoms with E-state index in [1.165, 1.54) is 6.07 Å². The molecule has 1 aromatic heterocycles. The van der Waals surface area contributed by atoms with Crippen LogP contribution in [0.25, 0.3) is 0 Å². The van der Waals surface area contributed by atoms with Crippen LogP contribution in [0, 0.1) is 13.8 Å². The molecule has 108 valence electrons. The fraction of sp³-hybridized carbons (Fsp3) is 0.583. The quantitative estimate of drug-likeness (QED) is 0.832. The van der Waals surface area contributed by atoms with Gasteiger partial charge in [-0.3, -0.25) is 4.79 Å². The van der Waals surface area contributed by atoms with Crippen molar-refractivity contribution in [2.24, 2.45) is 0 Å². The summed E-state index contributed by atoms with van der Waals surface area (Å²) in [5.74, 6) is -0.122. The molecule has 0 amide bonds. The van der Waals surface area contributed by atoms with Gasteiger partial charge in [0.05, 0.1) is 0 Å². The van der Waals surface area contributed by atoms with Crippen LogP contribution < -0.4 is 4.72 Å². The highest BCUT2D eigenvalue weighted by atomic mass is 32.2. The first kappa shape index (κ1) is 15.7. The molecule has 0 aliphatic rings. The Hall–Kier alpha value is -1.34. The van der Waals surface area contributed by atoms with Gasteiger partial charge in [0.15, 0.2) is 0 Å². The topological polar surface area (TPSA) is 96.6 Å². The fourth-order valence-corrected chi connectivity index (χ4v) is 3.44. The van der Waals surface area contributed by atoms with E-state index < -0.39 is 21.5 Å². The number of carboxylic acid groups (broad SMARTS) is 1. The summed E-state index contributed by atoms with van der Waals surface area (Å²) in [6, 6.07) is 1.45.